The highest BCUT2D eigenvalue weighted by Crippen LogP contribution is 2.29. The van der Waals surface area contributed by atoms with Gasteiger partial charge >= 0.3 is 0 Å². The average molecular weight is 374 g/mol. The second kappa shape index (κ2) is 7.17. The van der Waals surface area contributed by atoms with E-state index in [-0.39, 0.29) is 12.4 Å². The maximum atomic E-state index is 12.9. The van der Waals surface area contributed by atoms with Crippen molar-refractivity contribution in [1.29, 1.82) is 0 Å². The predicted octanol–water partition coefficient (Wildman–Crippen LogP) is 0.711. The normalized spacial score (nSPS) is 25.1. The molecule has 3 heterocycles. The summed E-state index contributed by atoms with van der Waals surface area (Å²) in [6.07, 6.45) is 1.96. The molecule has 6 nitrogen and oxygen atoms in total. The Morgan fingerprint density at radius 3 is 2.67 bits per heavy atom. The van der Waals surface area contributed by atoms with E-state index in [1.54, 1.807) is 22.5 Å². The van der Waals surface area contributed by atoms with Gasteiger partial charge in [0.25, 0.3) is 0 Å². The Balaban J connectivity index is 0.00000169. The summed E-state index contributed by atoms with van der Waals surface area (Å²) in [5.74, 6) is 0.822. The van der Waals surface area contributed by atoms with Crippen molar-refractivity contribution in [3.63, 3.8) is 0 Å². The van der Waals surface area contributed by atoms with Crippen LogP contribution in [0.4, 0.5) is 0 Å². The molecular weight excluding hydrogens is 350 g/mol. The molecule has 8 heteroatoms. The number of nitrogens with one attached hydrogen (secondary N) is 1. The predicted molar refractivity (Wildman–Crippen MR) is 94.5 cm³/mol. The Morgan fingerprint density at radius 2 is 1.96 bits per heavy atom. The van der Waals surface area contributed by atoms with Crippen molar-refractivity contribution in [3.05, 3.63) is 23.8 Å². The monoisotopic (exact) mass is 373 g/mol. The molecule has 0 aliphatic carbocycles. The molecule has 0 saturated carbocycles. The number of benzene rings is 1. The van der Waals surface area contributed by atoms with Crippen molar-refractivity contribution in [1.82, 2.24) is 14.5 Å². The average Bonchev–Trinajstić information content (AvgIpc) is 3.25. The molecule has 24 heavy (non-hydrogen) atoms. The summed E-state index contributed by atoms with van der Waals surface area (Å²) in [5, 5.41) is 3.38. The number of hydrogen-bond donors (Lipinski definition) is 1. The maximum absolute atomic E-state index is 12.9. The molecule has 3 aliphatic heterocycles. The van der Waals surface area contributed by atoms with Gasteiger partial charge in [-0.05, 0) is 36.7 Å². The molecule has 0 bridgehead atoms. The summed E-state index contributed by atoms with van der Waals surface area (Å²) in [6.45, 7) is 5.53. The summed E-state index contributed by atoms with van der Waals surface area (Å²) in [5.41, 5.74) is 1.00. The second-order valence-electron chi connectivity index (χ2n) is 6.45. The fourth-order valence-electron chi connectivity index (χ4n) is 3.73. The van der Waals surface area contributed by atoms with Crippen LogP contribution < -0.4 is 10.1 Å². The van der Waals surface area contributed by atoms with Crippen molar-refractivity contribution in [2.75, 3.05) is 45.9 Å². The minimum absolute atomic E-state index is 0. The number of ether oxygens (including phenoxy) is 1. The topological polar surface area (TPSA) is 61.9 Å². The Morgan fingerprint density at radius 1 is 1.17 bits per heavy atom. The summed E-state index contributed by atoms with van der Waals surface area (Å²) < 4.78 is 32.8. The SMILES string of the molecule is Cl.O=S(=O)(c1ccc2c(c1)CCO2)N1CCN(C2CCNC2)CC1. The van der Waals surface area contributed by atoms with Crippen LogP contribution in [0.1, 0.15) is 12.0 Å². The zero-order valence-electron chi connectivity index (χ0n) is 13.6. The lowest BCUT2D eigenvalue weighted by molar-refractivity contribution is 0.145. The standard InChI is InChI=1S/C16H23N3O3S.ClH/c20-23(21,15-1-2-16-13(11-15)4-10-22-16)19-8-6-18(7-9-19)14-3-5-17-12-14;/h1-2,11,14,17H,3-10,12H2;1H. The number of rotatable bonds is 3. The zero-order valence-corrected chi connectivity index (χ0v) is 15.2. The highest BCUT2D eigenvalue weighted by molar-refractivity contribution is 7.89. The van der Waals surface area contributed by atoms with Gasteiger partial charge in [-0.3, -0.25) is 4.90 Å². The number of nitrogens with zero attached hydrogens (tertiary/aromatic N) is 2. The van der Waals surface area contributed by atoms with E-state index in [2.05, 4.69) is 10.2 Å². The largest absolute Gasteiger partial charge is 0.493 e. The Hall–Kier alpha value is -0.860. The lowest BCUT2D eigenvalue weighted by Gasteiger charge is -2.37. The van der Waals surface area contributed by atoms with E-state index >= 15 is 0 Å². The van der Waals surface area contributed by atoms with Crippen molar-refractivity contribution in [2.24, 2.45) is 0 Å². The summed E-state index contributed by atoms with van der Waals surface area (Å²) in [4.78, 5) is 2.82. The van der Waals surface area contributed by atoms with Crippen LogP contribution in [0.25, 0.3) is 0 Å². The molecule has 2 fully saturated rings. The number of fused-ring (bicyclic) bond motifs is 1. The second-order valence-corrected chi connectivity index (χ2v) is 8.39. The molecule has 1 N–H and O–H groups in total. The van der Waals surface area contributed by atoms with Crippen LogP contribution in [0.2, 0.25) is 0 Å². The zero-order chi connectivity index (χ0) is 15.9. The highest BCUT2D eigenvalue weighted by Gasteiger charge is 2.32. The highest BCUT2D eigenvalue weighted by atomic mass is 35.5. The fraction of sp³-hybridized carbons (Fsp3) is 0.625. The van der Waals surface area contributed by atoms with Crippen LogP contribution in [-0.2, 0) is 16.4 Å². The van der Waals surface area contributed by atoms with Crippen LogP contribution in [-0.4, -0.2) is 69.5 Å². The summed E-state index contributed by atoms with van der Waals surface area (Å²) in [6, 6.07) is 5.81. The lowest BCUT2D eigenvalue weighted by atomic mass is 10.2. The van der Waals surface area contributed by atoms with E-state index in [1.807, 2.05) is 0 Å². The number of halogens is 1. The Kier molecular flexibility index (Phi) is 5.36. The first-order chi connectivity index (χ1) is 11.1. The minimum atomic E-state index is -3.40. The quantitative estimate of drug-likeness (QED) is 0.845. The Bertz CT molecular complexity index is 684. The van der Waals surface area contributed by atoms with Crippen molar-refractivity contribution in [2.45, 2.75) is 23.8 Å². The summed E-state index contributed by atoms with van der Waals surface area (Å²) in [7, 11) is -3.40. The van der Waals surface area contributed by atoms with Crippen LogP contribution >= 0.6 is 12.4 Å². The van der Waals surface area contributed by atoms with Crippen molar-refractivity contribution >= 4 is 22.4 Å². The number of sulfonamides is 1. The molecule has 134 valence electrons. The number of piperazine rings is 1. The number of hydrogen-bond acceptors (Lipinski definition) is 5. The third-order valence-electron chi connectivity index (χ3n) is 5.12. The first kappa shape index (κ1) is 17.9. The van der Waals surface area contributed by atoms with Crippen molar-refractivity contribution in [3.8, 4) is 5.75 Å². The van der Waals surface area contributed by atoms with Gasteiger partial charge in [-0.2, -0.15) is 4.31 Å². The molecule has 0 aromatic heterocycles. The molecule has 2 saturated heterocycles. The lowest BCUT2D eigenvalue weighted by Crippen LogP contribution is -2.52. The van der Waals surface area contributed by atoms with E-state index in [0.29, 0.717) is 30.6 Å². The van der Waals surface area contributed by atoms with E-state index < -0.39 is 10.0 Å². The van der Waals surface area contributed by atoms with Crippen molar-refractivity contribution < 1.29 is 13.2 Å². The fourth-order valence-corrected chi connectivity index (χ4v) is 5.21. The van der Waals surface area contributed by atoms with E-state index in [9.17, 15) is 8.42 Å². The van der Waals surface area contributed by atoms with Gasteiger partial charge in [0.05, 0.1) is 11.5 Å². The molecule has 3 aliphatic rings. The van der Waals surface area contributed by atoms with Crippen LogP contribution in [0.5, 0.6) is 5.75 Å². The minimum Gasteiger partial charge on any atom is -0.493 e. The van der Waals surface area contributed by atoms with Gasteiger partial charge in [0, 0.05) is 45.2 Å². The molecule has 1 atom stereocenters. The van der Waals surface area contributed by atoms with Gasteiger partial charge in [-0.15, -0.1) is 12.4 Å². The molecule has 0 spiro atoms. The van der Waals surface area contributed by atoms with Gasteiger partial charge in [0.1, 0.15) is 5.75 Å². The third kappa shape index (κ3) is 3.28. The van der Waals surface area contributed by atoms with Gasteiger partial charge in [0.2, 0.25) is 10.0 Å². The molecule has 1 aromatic rings. The smallest absolute Gasteiger partial charge is 0.243 e. The first-order valence-electron chi connectivity index (χ1n) is 8.35. The van der Waals surface area contributed by atoms with Crippen LogP contribution in [0, 0.1) is 0 Å². The van der Waals surface area contributed by atoms with Crippen LogP contribution in [0.3, 0.4) is 0 Å². The Labute approximate surface area is 149 Å². The molecular formula is C16H24ClN3O3S. The maximum Gasteiger partial charge on any atom is 0.243 e. The molecule has 1 aromatic carbocycles. The van der Waals surface area contributed by atoms with E-state index in [1.165, 1.54) is 0 Å². The van der Waals surface area contributed by atoms with Gasteiger partial charge in [-0.25, -0.2) is 8.42 Å². The molecule has 4 rings (SSSR count). The molecule has 0 amide bonds. The van der Waals surface area contributed by atoms with Gasteiger partial charge < -0.3 is 10.1 Å². The molecule has 1 unspecified atom stereocenters. The third-order valence-corrected chi connectivity index (χ3v) is 7.02. The van der Waals surface area contributed by atoms with Gasteiger partial charge in [-0.1, -0.05) is 0 Å². The van der Waals surface area contributed by atoms with E-state index in [4.69, 9.17) is 4.74 Å². The summed E-state index contributed by atoms with van der Waals surface area (Å²) >= 11 is 0. The van der Waals surface area contributed by atoms with Crippen LogP contribution in [0.15, 0.2) is 23.1 Å². The first-order valence-corrected chi connectivity index (χ1v) is 9.79. The van der Waals surface area contributed by atoms with Gasteiger partial charge in [0.15, 0.2) is 0 Å². The molecule has 0 radical (unpaired) electrons. The van der Waals surface area contributed by atoms with E-state index in [0.717, 1.165) is 50.3 Å².